The lowest BCUT2D eigenvalue weighted by atomic mass is 9.85. The van der Waals surface area contributed by atoms with Gasteiger partial charge in [-0.3, -0.25) is 4.79 Å². The Kier molecular flexibility index (Phi) is 5.32. The van der Waals surface area contributed by atoms with Crippen LogP contribution in [-0.2, 0) is 4.79 Å². The van der Waals surface area contributed by atoms with E-state index in [1.165, 1.54) is 6.42 Å². The lowest BCUT2D eigenvalue weighted by Gasteiger charge is -2.39. The molecule has 1 amide bonds. The molecular weight excluding hydrogens is 314 g/mol. The van der Waals surface area contributed by atoms with Crippen LogP contribution < -0.4 is 10.1 Å². The van der Waals surface area contributed by atoms with Gasteiger partial charge in [0.25, 0.3) is 0 Å². The summed E-state index contributed by atoms with van der Waals surface area (Å²) < 4.78 is 5.89. The van der Waals surface area contributed by atoms with Gasteiger partial charge >= 0.3 is 0 Å². The van der Waals surface area contributed by atoms with Crippen LogP contribution in [0.4, 0.5) is 0 Å². The molecule has 1 aliphatic heterocycles. The third kappa shape index (κ3) is 4.32. The number of amides is 1. The van der Waals surface area contributed by atoms with Crippen molar-refractivity contribution in [2.24, 2.45) is 11.8 Å². The molecule has 5 heteroatoms. The molecule has 0 aromatic carbocycles. The average molecular weight is 345 g/mol. The van der Waals surface area contributed by atoms with Crippen LogP contribution in [0.25, 0.3) is 0 Å². The second-order valence-electron chi connectivity index (χ2n) is 8.15. The van der Waals surface area contributed by atoms with Crippen LogP contribution in [0.2, 0.25) is 0 Å². The van der Waals surface area contributed by atoms with E-state index in [0.29, 0.717) is 24.4 Å². The number of hydrogen-bond donors (Lipinski definition) is 1. The van der Waals surface area contributed by atoms with Gasteiger partial charge in [0.2, 0.25) is 11.8 Å². The lowest BCUT2D eigenvalue weighted by Crippen LogP contribution is -2.51. The average Bonchev–Trinajstić information content (AvgIpc) is 3.35. The molecule has 2 aliphatic rings. The molecule has 0 spiro atoms. The quantitative estimate of drug-likeness (QED) is 0.861. The van der Waals surface area contributed by atoms with Crippen molar-refractivity contribution in [1.29, 1.82) is 0 Å². The third-order valence-corrected chi connectivity index (χ3v) is 5.86. The summed E-state index contributed by atoms with van der Waals surface area (Å²) in [6.45, 7) is 7.92. The molecule has 1 N–H and O–H groups in total. The zero-order valence-electron chi connectivity index (χ0n) is 15.9. The Morgan fingerprint density at radius 2 is 2.28 bits per heavy atom. The minimum atomic E-state index is -0.200. The highest BCUT2D eigenvalue weighted by Gasteiger charge is 2.46. The molecule has 1 saturated carbocycles. The van der Waals surface area contributed by atoms with Crippen molar-refractivity contribution in [3.8, 4) is 5.88 Å². The van der Waals surface area contributed by atoms with Gasteiger partial charge < -0.3 is 15.0 Å². The van der Waals surface area contributed by atoms with E-state index in [-0.39, 0.29) is 17.4 Å². The van der Waals surface area contributed by atoms with Crippen LogP contribution in [0.15, 0.2) is 18.3 Å². The fourth-order valence-corrected chi connectivity index (χ4v) is 3.72. The maximum absolute atomic E-state index is 12.8. The highest BCUT2D eigenvalue weighted by molar-refractivity contribution is 5.80. The zero-order chi connectivity index (χ0) is 18.0. The standard InChI is InChI=1S/C20H31N3O2/c1-14-7-11-23(4)17(12-14)16(3)18(24)22-20(8-9-20)13-25-19-15(2)6-5-10-21-19/h5-6,10,14,16-17H,7-9,11-13H2,1-4H3,(H,22,24)/t14-,16-,17-/m0/s1. The molecule has 3 atom stereocenters. The molecule has 3 rings (SSSR count). The monoisotopic (exact) mass is 345 g/mol. The van der Waals surface area contributed by atoms with Crippen molar-refractivity contribution in [2.45, 2.75) is 58.0 Å². The summed E-state index contributed by atoms with van der Waals surface area (Å²) in [5, 5.41) is 3.27. The summed E-state index contributed by atoms with van der Waals surface area (Å²) in [6, 6.07) is 4.22. The van der Waals surface area contributed by atoms with Gasteiger partial charge in [-0.25, -0.2) is 4.98 Å². The molecule has 2 fully saturated rings. The number of rotatable bonds is 6. The van der Waals surface area contributed by atoms with Gasteiger partial charge in [0.05, 0.1) is 11.5 Å². The van der Waals surface area contributed by atoms with Crippen LogP contribution in [0, 0.1) is 18.8 Å². The van der Waals surface area contributed by atoms with E-state index in [9.17, 15) is 4.79 Å². The zero-order valence-corrected chi connectivity index (χ0v) is 15.9. The molecule has 2 heterocycles. The van der Waals surface area contributed by atoms with Gasteiger partial charge in [-0.2, -0.15) is 0 Å². The molecule has 1 aromatic rings. The number of likely N-dealkylation sites (tertiary alicyclic amines) is 1. The number of ether oxygens (including phenoxy) is 1. The van der Waals surface area contributed by atoms with Gasteiger partial charge in [0, 0.05) is 17.8 Å². The van der Waals surface area contributed by atoms with Gasteiger partial charge in [-0.05, 0) is 58.2 Å². The van der Waals surface area contributed by atoms with Crippen molar-refractivity contribution in [2.75, 3.05) is 20.2 Å². The molecule has 25 heavy (non-hydrogen) atoms. The summed E-state index contributed by atoms with van der Waals surface area (Å²) in [5.41, 5.74) is 0.824. The molecule has 0 unspecified atom stereocenters. The van der Waals surface area contributed by atoms with Gasteiger partial charge in [0.1, 0.15) is 6.61 Å². The number of aryl methyl sites for hydroxylation is 1. The van der Waals surface area contributed by atoms with Crippen LogP contribution in [0.3, 0.4) is 0 Å². The molecule has 138 valence electrons. The minimum absolute atomic E-state index is 0.00168. The number of pyridine rings is 1. The molecule has 5 nitrogen and oxygen atoms in total. The SMILES string of the molecule is Cc1cccnc1OCC1(NC(=O)[C@@H](C)[C@@H]2C[C@@H](C)CCN2C)CC1. The topological polar surface area (TPSA) is 54.5 Å². The molecule has 1 saturated heterocycles. The molecule has 1 aromatic heterocycles. The number of piperidine rings is 1. The number of aromatic nitrogens is 1. The fraction of sp³-hybridized carbons (Fsp3) is 0.700. The molecule has 0 bridgehead atoms. The lowest BCUT2D eigenvalue weighted by molar-refractivity contribution is -0.128. The summed E-state index contributed by atoms with van der Waals surface area (Å²) in [6.07, 6.45) is 6.02. The van der Waals surface area contributed by atoms with Gasteiger partial charge in [0.15, 0.2) is 0 Å². The van der Waals surface area contributed by atoms with Crippen molar-refractivity contribution >= 4 is 5.91 Å². The van der Waals surface area contributed by atoms with Crippen LogP contribution >= 0.6 is 0 Å². The molecule has 1 aliphatic carbocycles. The Bertz CT molecular complexity index is 615. The van der Waals surface area contributed by atoms with Crippen LogP contribution in [-0.4, -0.2) is 47.6 Å². The number of carbonyl (C=O) groups excluding carboxylic acids is 1. The van der Waals surface area contributed by atoms with E-state index in [2.05, 4.69) is 36.1 Å². The maximum atomic E-state index is 12.8. The van der Waals surface area contributed by atoms with Crippen LogP contribution in [0.1, 0.15) is 45.1 Å². The van der Waals surface area contributed by atoms with Crippen molar-refractivity contribution in [3.05, 3.63) is 23.9 Å². The smallest absolute Gasteiger partial charge is 0.224 e. The Labute approximate surface area is 151 Å². The van der Waals surface area contributed by atoms with E-state index in [1.54, 1.807) is 6.20 Å². The Morgan fingerprint density at radius 3 is 2.96 bits per heavy atom. The van der Waals surface area contributed by atoms with Gasteiger partial charge in [-0.1, -0.05) is 19.9 Å². The predicted molar refractivity (Wildman–Crippen MR) is 98.6 cm³/mol. The molecule has 0 radical (unpaired) electrons. The summed E-state index contributed by atoms with van der Waals surface area (Å²) in [5.74, 6) is 1.52. The highest BCUT2D eigenvalue weighted by atomic mass is 16.5. The third-order valence-electron chi connectivity index (χ3n) is 5.86. The van der Waals surface area contributed by atoms with E-state index >= 15 is 0 Å². The second-order valence-corrected chi connectivity index (χ2v) is 8.15. The predicted octanol–water partition coefficient (Wildman–Crippen LogP) is 2.78. The minimum Gasteiger partial charge on any atom is -0.475 e. The van der Waals surface area contributed by atoms with E-state index in [1.807, 2.05) is 19.1 Å². The second kappa shape index (κ2) is 7.32. The van der Waals surface area contributed by atoms with E-state index < -0.39 is 0 Å². The Hall–Kier alpha value is -1.62. The number of nitrogens with zero attached hydrogens (tertiary/aromatic N) is 2. The Balaban J connectivity index is 1.55. The summed E-state index contributed by atoms with van der Waals surface area (Å²) in [4.78, 5) is 19.4. The molecular formula is C20H31N3O2. The number of hydrogen-bond acceptors (Lipinski definition) is 4. The van der Waals surface area contributed by atoms with Crippen molar-refractivity contribution in [3.63, 3.8) is 0 Å². The number of nitrogens with one attached hydrogen (secondary N) is 1. The van der Waals surface area contributed by atoms with Crippen molar-refractivity contribution < 1.29 is 9.53 Å². The van der Waals surface area contributed by atoms with Crippen molar-refractivity contribution in [1.82, 2.24) is 15.2 Å². The van der Waals surface area contributed by atoms with E-state index in [0.717, 1.165) is 31.4 Å². The summed E-state index contributed by atoms with van der Waals surface area (Å²) >= 11 is 0. The number of carbonyl (C=O) groups is 1. The largest absolute Gasteiger partial charge is 0.475 e. The van der Waals surface area contributed by atoms with Gasteiger partial charge in [-0.15, -0.1) is 0 Å². The first-order chi connectivity index (χ1) is 11.9. The first kappa shape index (κ1) is 18.2. The first-order valence-electron chi connectivity index (χ1n) is 9.47. The fourth-order valence-electron chi connectivity index (χ4n) is 3.72. The van der Waals surface area contributed by atoms with Crippen LogP contribution in [0.5, 0.6) is 5.88 Å². The summed E-state index contributed by atoms with van der Waals surface area (Å²) in [7, 11) is 2.14. The maximum Gasteiger partial charge on any atom is 0.224 e. The normalized spacial score (nSPS) is 26.7. The van der Waals surface area contributed by atoms with E-state index in [4.69, 9.17) is 4.74 Å². The highest BCUT2D eigenvalue weighted by Crippen LogP contribution is 2.37. The first-order valence-corrected chi connectivity index (χ1v) is 9.47. The Morgan fingerprint density at radius 1 is 1.52 bits per heavy atom.